The van der Waals surface area contributed by atoms with Crippen molar-refractivity contribution in [3.05, 3.63) is 23.7 Å². The molecule has 1 fully saturated rings. The van der Waals surface area contributed by atoms with Crippen LogP contribution in [0.3, 0.4) is 0 Å². The topological polar surface area (TPSA) is 34.4 Å². The number of ether oxygens (including phenoxy) is 1. The lowest BCUT2D eigenvalue weighted by Gasteiger charge is -2.31. The van der Waals surface area contributed by atoms with Gasteiger partial charge in [0.25, 0.3) is 0 Å². The van der Waals surface area contributed by atoms with Crippen molar-refractivity contribution in [2.75, 3.05) is 7.05 Å². The first kappa shape index (κ1) is 13.6. The highest BCUT2D eigenvalue weighted by Crippen LogP contribution is 2.31. The summed E-state index contributed by atoms with van der Waals surface area (Å²) in [6.45, 7) is 6.10. The normalized spacial score (nSPS) is 28.5. The molecule has 1 aromatic rings. The summed E-state index contributed by atoms with van der Waals surface area (Å²) in [5, 5.41) is 3.11. The maximum absolute atomic E-state index is 6.07. The summed E-state index contributed by atoms with van der Waals surface area (Å²) in [5.74, 6) is 2.58. The first-order chi connectivity index (χ1) is 8.69. The Hall–Kier alpha value is -0.800. The van der Waals surface area contributed by atoms with Gasteiger partial charge in [0.1, 0.15) is 5.76 Å². The molecule has 0 radical (unpaired) electrons. The molecule has 18 heavy (non-hydrogen) atoms. The Morgan fingerprint density at radius 1 is 1.28 bits per heavy atom. The van der Waals surface area contributed by atoms with Gasteiger partial charge in [-0.05, 0) is 44.2 Å². The van der Waals surface area contributed by atoms with Crippen LogP contribution in [0.2, 0.25) is 0 Å². The van der Waals surface area contributed by atoms with Crippen molar-refractivity contribution >= 4 is 0 Å². The summed E-state index contributed by atoms with van der Waals surface area (Å²) in [6.07, 6.45) is 5.90. The third-order valence-electron chi connectivity index (χ3n) is 3.78. The van der Waals surface area contributed by atoms with Gasteiger partial charge >= 0.3 is 0 Å². The lowest BCUT2D eigenvalue weighted by atomic mass is 9.82. The van der Waals surface area contributed by atoms with Crippen molar-refractivity contribution < 1.29 is 9.15 Å². The molecular formula is C15H25NO2. The van der Waals surface area contributed by atoms with Gasteiger partial charge in [-0.25, -0.2) is 0 Å². The molecule has 1 aliphatic carbocycles. The van der Waals surface area contributed by atoms with E-state index in [0.29, 0.717) is 12.7 Å². The minimum atomic E-state index is 0.418. The molecular weight excluding hydrogens is 226 g/mol. The molecule has 1 aliphatic rings. The van der Waals surface area contributed by atoms with Crippen LogP contribution in [-0.4, -0.2) is 13.2 Å². The van der Waals surface area contributed by atoms with E-state index in [-0.39, 0.29) is 0 Å². The lowest BCUT2D eigenvalue weighted by Crippen LogP contribution is -2.26. The van der Waals surface area contributed by atoms with Crippen LogP contribution in [0.1, 0.15) is 44.4 Å². The van der Waals surface area contributed by atoms with Crippen LogP contribution in [0.15, 0.2) is 16.7 Å². The summed E-state index contributed by atoms with van der Waals surface area (Å²) in [7, 11) is 1.93. The lowest BCUT2D eigenvalue weighted by molar-refractivity contribution is -0.00966. The second-order valence-corrected chi connectivity index (χ2v) is 5.75. The number of rotatable bonds is 5. The third kappa shape index (κ3) is 3.59. The summed E-state index contributed by atoms with van der Waals surface area (Å²) in [5.41, 5.74) is 1.18. The van der Waals surface area contributed by atoms with E-state index in [0.717, 1.165) is 24.1 Å². The maximum atomic E-state index is 6.07. The van der Waals surface area contributed by atoms with Crippen LogP contribution < -0.4 is 5.32 Å². The summed E-state index contributed by atoms with van der Waals surface area (Å²) in [4.78, 5) is 0. The molecule has 3 heteroatoms. The molecule has 102 valence electrons. The van der Waals surface area contributed by atoms with E-state index in [1.807, 2.05) is 13.1 Å². The molecule has 0 aliphatic heterocycles. The van der Waals surface area contributed by atoms with E-state index in [1.54, 1.807) is 6.26 Å². The number of furan rings is 1. The second kappa shape index (κ2) is 6.39. The smallest absolute Gasteiger partial charge is 0.123 e. The van der Waals surface area contributed by atoms with Gasteiger partial charge in [-0.2, -0.15) is 0 Å². The van der Waals surface area contributed by atoms with Crippen molar-refractivity contribution in [2.45, 2.75) is 52.4 Å². The van der Waals surface area contributed by atoms with Gasteiger partial charge in [-0.15, -0.1) is 0 Å². The van der Waals surface area contributed by atoms with Gasteiger partial charge in [-0.3, -0.25) is 0 Å². The molecule has 1 saturated carbocycles. The Morgan fingerprint density at radius 2 is 2.00 bits per heavy atom. The van der Waals surface area contributed by atoms with Gasteiger partial charge in [0, 0.05) is 5.56 Å². The molecule has 1 aromatic heterocycles. The van der Waals surface area contributed by atoms with E-state index in [9.17, 15) is 0 Å². The molecule has 1 heterocycles. The van der Waals surface area contributed by atoms with Gasteiger partial charge in [0.2, 0.25) is 0 Å². The average Bonchev–Trinajstić information content (AvgIpc) is 2.73. The average molecular weight is 251 g/mol. The van der Waals surface area contributed by atoms with Crippen LogP contribution in [0.4, 0.5) is 0 Å². The first-order valence-electron chi connectivity index (χ1n) is 7.00. The van der Waals surface area contributed by atoms with Crippen molar-refractivity contribution in [3.8, 4) is 0 Å². The van der Waals surface area contributed by atoms with Crippen LogP contribution in [0.25, 0.3) is 0 Å². The van der Waals surface area contributed by atoms with Crippen LogP contribution >= 0.6 is 0 Å². The number of nitrogens with one attached hydrogen (secondary N) is 1. The van der Waals surface area contributed by atoms with Gasteiger partial charge in [0.05, 0.1) is 25.5 Å². The quantitative estimate of drug-likeness (QED) is 0.871. The van der Waals surface area contributed by atoms with Crippen molar-refractivity contribution in [2.24, 2.45) is 11.8 Å². The molecule has 0 bridgehead atoms. The van der Waals surface area contributed by atoms with Gasteiger partial charge in [-0.1, -0.05) is 13.8 Å². The Kier molecular flexibility index (Phi) is 4.84. The zero-order chi connectivity index (χ0) is 13.0. The highest BCUT2D eigenvalue weighted by atomic mass is 16.5. The van der Waals surface area contributed by atoms with E-state index in [1.165, 1.54) is 24.8 Å². The molecule has 1 N–H and O–H groups in total. The van der Waals surface area contributed by atoms with E-state index in [4.69, 9.17) is 9.15 Å². The van der Waals surface area contributed by atoms with E-state index < -0.39 is 0 Å². The molecule has 2 rings (SSSR count). The highest BCUT2D eigenvalue weighted by molar-refractivity contribution is 5.15. The molecule has 0 aromatic carbocycles. The molecule has 0 saturated heterocycles. The maximum Gasteiger partial charge on any atom is 0.123 e. The Morgan fingerprint density at radius 3 is 2.67 bits per heavy atom. The molecule has 0 amide bonds. The fourth-order valence-electron chi connectivity index (χ4n) is 3.03. The molecule has 2 unspecified atom stereocenters. The Labute approximate surface area is 110 Å². The number of hydrogen-bond acceptors (Lipinski definition) is 3. The van der Waals surface area contributed by atoms with Crippen molar-refractivity contribution in [1.82, 2.24) is 5.32 Å². The van der Waals surface area contributed by atoms with Gasteiger partial charge < -0.3 is 14.5 Å². The number of hydrogen-bond donors (Lipinski definition) is 1. The second-order valence-electron chi connectivity index (χ2n) is 5.75. The molecule has 0 spiro atoms. The largest absolute Gasteiger partial charge is 0.468 e. The minimum absolute atomic E-state index is 0.418. The monoisotopic (exact) mass is 251 g/mol. The highest BCUT2D eigenvalue weighted by Gasteiger charge is 2.24. The standard InChI is InChI=1S/C15H25NO2/c1-11-6-12(2)8-14(7-11)18-10-13-4-5-17-15(13)9-16-3/h4-5,11-12,14,16H,6-10H2,1-3H3. The van der Waals surface area contributed by atoms with Gasteiger partial charge in [0.15, 0.2) is 0 Å². The fourth-order valence-corrected chi connectivity index (χ4v) is 3.03. The SMILES string of the molecule is CNCc1occc1COC1CC(C)CC(C)C1. The predicted molar refractivity (Wildman–Crippen MR) is 72.2 cm³/mol. The van der Waals surface area contributed by atoms with Crippen LogP contribution in [-0.2, 0) is 17.9 Å². The Bertz CT molecular complexity index is 351. The predicted octanol–water partition coefficient (Wildman–Crippen LogP) is 3.34. The molecule has 3 nitrogen and oxygen atoms in total. The fraction of sp³-hybridized carbons (Fsp3) is 0.733. The van der Waals surface area contributed by atoms with E-state index in [2.05, 4.69) is 19.2 Å². The van der Waals surface area contributed by atoms with Crippen molar-refractivity contribution in [3.63, 3.8) is 0 Å². The zero-order valence-corrected chi connectivity index (χ0v) is 11.7. The van der Waals surface area contributed by atoms with Crippen LogP contribution in [0.5, 0.6) is 0 Å². The molecule has 2 atom stereocenters. The first-order valence-corrected chi connectivity index (χ1v) is 7.00. The summed E-state index contributed by atoms with van der Waals surface area (Å²) in [6, 6.07) is 2.02. The van der Waals surface area contributed by atoms with E-state index >= 15 is 0 Å². The third-order valence-corrected chi connectivity index (χ3v) is 3.78. The van der Waals surface area contributed by atoms with Crippen LogP contribution in [0, 0.1) is 11.8 Å². The Balaban J connectivity index is 1.85. The minimum Gasteiger partial charge on any atom is -0.468 e. The van der Waals surface area contributed by atoms with Crippen molar-refractivity contribution in [1.29, 1.82) is 0 Å². The summed E-state index contributed by atoms with van der Waals surface area (Å²) >= 11 is 0. The zero-order valence-electron chi connectivity index (χ0n) is 11.7. The summed E-state index contributed by atoms with van der Waals surface area (Å²) < 4.78 is 11.5.